The van der Waals surface area contributed by atoms with Gasteiger partial charge in [0.15, 0.2) is 0 Å². The number of nitrogens with two attached hydrogens (primary N) is 1. The maximum Gasteiger partial charge on any atom is 0.241 e. The number of hydrogen-bond acceptors (Lipinski definition) is 3. The molecule has 0 unspecified atom stereocenters. The van der Waals surface area contributed by atoms with Crippen molar-refractivity contribution in [1.82, 2.24) is 4.98 Å². The number of para-hydroxylation sites is 1. The molecule has 1 heterocycles. The van der Waals surface area contributed by atoms with E-state index in [1.165, 1.54) is 0 Å². The molecule has 0 radical (unpaired) electrons. The van der Waals surface area contributed by atoms with Gasteiger partial charge in [0.2, 0.25) is 5.91 Å². The van der Waals surface area contributed by atoms with E-state index in [4.69, 9.17) is 5.73 Å². The van der Waals surface area contributed by atoms with Crippen LogP contribution >= 0.6 is 0 Å². The molecule has 0 saturated heterocycles. The lowest BCUT2D eigenvalue weighted by Crippen LogP contribution is -2.39. The van der Waals surface area contributed by atoms with Gasteiger partial charge < -0.3 is 11.1 Å². The highest BCUT2D eigenvalue weighted by Crippen LogP contribution is 2.16. The highest BCUT2D eigenvalue weighted by Gasteiger charge is 2.17. The lowest BCUT2D eigenvalue weighted by Gasteiger charge is -2.15. The van der Waals surface area contributed by atoms with Gasteiger partial charge in [-0.1, -0.05) is 32.0 Å². The van der Waals surface area contributed by atoms with Gasteiger partial charge in [0.05, 0.1) is 23.4 Å². The van der Waals surface area contributed by atoms with Gasteiger partial charge in [0, 0.05) is 5.39 Å². The second kappa shape index (κ2) is 5.14. The first-order valence-corrected chi connectivity index (χ1v) is 5.99. The number of carbonyl (C=O) groups excluding carboxylic acids is 1. The van der Waals surface area contributed by atoms with Gasteiger partial charge in [-0.05, 0) is 18.1 Å². The summed E-state index contributed by atoms with van der Waals surface area (Å²) in [5.74, 6) is -0.0690. The van der Waals surface area contributed by atoms with Gasteiger partial charge in [-0.3, -0.25) is 9.78 Å². The summed E-state index contributed by atoms with van der Waals surface area (Å²) < 4.78 is 0. The molecular weight excluding hydrogens is 226 g/mol. The lowest BCUT2D eigenvalue weighted by molar-refractivity contribution is -0.118. The first-order chi connectivity index (χ1) is 8.58. The fourth-order valence-electron chi connectivity index (χ4n) is 1.67. The summed E-state index contributed by atoms with van der Waals surface area (Å²) >= 11 is 0. The van der Waals surface area contributed by atoms with Crippen LogP contribution < -0.4 is 11.1 Å². The Kier molecular flexibility index (Phi) is 3.58. The van der Waals surface area contributed by atoms with E-state index in [0.29, 0.717) is 5.69 Å². The van der Waals surface area contributed by atoms with Crippen LogP contribution in [-0.2, 0) is 4.79 Å². The summed E-state index contributed by atoms with van der Waals surface area (Å²) in [6, 6.07) is 9.16. The Labute approximate surface area is 106 Å². The van der Waals surface area contributed by atoms with Crippen molar-refractivity contribution >= 4 is 22.5 Å². The molecular formula is C14H17N3O. The van der Waals surface area contributed by atoms with Crippen molar-refractivity contribution in [2.24, 2.45) is 11.7 Å². The smallest absolute Gasteiger partial charge is 0.241 e. The van der Waals surface area contributed by atoms with Crippen LogP contribution in [0.4, 0.5) is 5.69 Å². The number of hydrogen-bond donors (Lipinski definition) is 2. The number of nitrogens with zero attached hydrogens (tertiary/aromatic N) is 1. The number of fused-ring (bicyclic) bond motifs is 1. The van der Waals surface area contributed by atoms with Crippen LogP contribution in [0.25, 0.3) is 10.9 Å². The highest BCUT2D eigenvalue weighted by molar-refractivity contribution is 5.96. The van der Waals surface area contributed by atoms with Crippen LogP contribution in [0, 0.1) is 5.92 Å². The lowest BCUT2D eigenvalue weighted by atomic mass is 10.0. The topological polar surface area (TPSA) is 68.0 Å². The summed E-state index contributed by atoms with van der Waals surface area (Å²) in [6.07, 6.45) is 1.65. The van der Waals surface area contributed by atoms with E-state index in [1.807, 2.05) is 44.2 Å². The van der Waals surface area contributed by atoms with E-state index in [2.05, 4.69) is 10.3 Å². The Hall–Kier alpha value is -1.94. The standard InChI is InChI=1S/C14H17N3O/c1-9(2)13(15)14(18)17-11-7-10-5-3-4-6-12(10)16-8-11/h3-9,13H,15H2,1-2H3,(H,17,18)/t13-/m1/s1. The van der Waals surface area contributed by atoms with Gasteiger partial charge in [-0.25, -0.2) is 0 Å². The zero-order valence-electron chi connectivity index (χ0n) is 10.6. The minimum absolute atomic E-state index is 0.110. The monoisotopic (exact) mass is 243 g/mol. The number of rotatable bonds is 3. The van der Waals surface area contributed by atoms with Gasteiger partial charge >= 0.3 is 0 Å². The van der Waals surface area contributed by atoms with Crippen LogP contribution in [-0.4, -0.2) is 16.9 Å². The Bertz CT molecular complexity index is 566. The molecule has 3 N–H and O–H groups in total. The molecule has 1 amide bonds. The van der Waals surface area contributed by atoms with Gasteiger partial charge in [0.25, 0.3) is 0 Å². The maximum absolute atomic E-state index is 11.8. The van der Waals surface area contributed by atoms with Crippen LogP contribution in [0.2, 0.25) is 0 Å². The number of benzene rings is 1. The third-order valence-corrected chi connectivity index (χ3v) is 2.88. The van der Waals surface area contributed by atoms with Crippen LogP contribution in [0.5, 0.6) is 0 Å². The van der Waals surface area contributed by atoms with Crippen molar-refractivity contribution in [2.75, 3.05) is 5.32 Å². The normalized spacial score (nSPS) is 12.7. The van der Waals surface area contributed by atoms with Crippen LogP contribution in [0.15, 0.2) is 36.5 Å². The molecule has 0 aliphatic carbocycles. The summed E-state index contributed by atoms with van der Waals surface area (Å²) in [7, 11) is 0. The quantitative estimate of drug-likeness (QED) is 0.868. The van der Waals surface area contributed by atoms with Crippen molar-refractivity contribution < 1.29 is 4.79 Å². The van der Waals surface area contributed by atoms with Gasteiger partial charge in [-0.2, -0.15) is 0 Å². The highest BCUT2D eigenvalue weighted by atomic mass is 16.2. The number of amides is 1. The zero-order valence-corrected chi connectivity index (χ0v) is 10.6. The molecule has 0 saturated carbocycles. The van der Waals surface area contributed by atoms with Crippen molar-refractivity contribution in [3.8, 4) is 0 Å². The van der Waals surface area contributed by atoms with Crippen molar-refractivity contribution in [2.45, 2.75) is 19.9 Å². The molecule has 2 aromatic rings. The number of carbonyl (C=O) groups is 1. The van der Waals surface area contributed by atoms with Crippen LogP contribution in [0.3, 0.4) is 0 Å². The molecule has 1 aromatic heterocycles. The first-order valence-electron chi connectivity index (χ1n) is 5.99. The largest absolute Gasteiger partial charge is 0.323 e. The SMILES string of the molecule is CC(C)[C@@H](N)C(=O)Nc1cnc2ccccc2c1. The molecule has 94 valence electrons. The predicted octanol–water partition coefficient (Wildman–Crippen LogP) is 2.16. The Balaban J connectivity index is 2.19. The van der Waals surface area contributed by atoms with Crippen molar-refractivity contribution in [3.05, 3.63) is 36.5 Å². The molecule has 0 spiro atoms. The third-order valence-electron chi connectivity index (χ3n) is 2.88. The Morgan fingerprint density at radius 3 is 2.78 bits per heavy atom. The molecule has 0 fully saturated rings. The minimum Gasteiger partial charge on any atom is -0.323 e. The third kappa shape index (κ3) is 2.65. The van der Waals surface area contributed by atoms with Crippen molar-refractivity contribution in [1.29, 1.82) is 0 Å². The minimum atomic E-state index is -0.503. The van der Waals surface area contributed by atoms with Gasteiger partial charge in [0.1, 0.15) is 0 Å². The summed E-state index contributed by atoms with van der Waals surface area (Å²) in [5, 5.41) is 3.78. The number of pyridine rings is 1. The Morgan fingerprint density at radius 2 is 2.06 bits per heavy atom. The first kappa shape index (κ1) is 12.5. The van der Waals surface area contributed by atoms with E-state index < -0.39 is 6.04 Å². The van der Waals surface area contributed by atoms with E-state index >= 15 is 0 Å². The molecule has 0 aliphatic heterocycles. The summed E-state index contributed by atoms with van der Waals surface area (Å²) in [5.41, 5.74) is 7.37. The molecule has 0 aliphatic rings. The van der Waals surface area contributed by atoms with E-state index in [-0.39, 0.29) is 11.8 Å². The molecule has 4 heteroatoms. The molecule has 0 bridgehead atoms. The van der Waals surface area contributed by atoms with Crippen LogP contribution in [0.1, 0.15) is 13.8 Å². The molecule has 2 rings (SSSR count). The van der Waals surface area contributed by atoms with E-state index in [1.54, 1.807) is 6.20 Å². The Morgan fingerprint density at radius 1 is 1.33 bits per heavy atom. The van der Waals surface area contributed by atoms with Crippen molar-refractivity contribution in [3.63, 3.8) is 0 Å². The molecule has 4 nitrogen and oxygen atoms in total. The van der Waals surface area contributed by atoms with E-state index in [0.717, 1.165) is 10.9 Å². The summed E-state index contributed by atoms with van der Waals surface area (Å²) in [4.78, 5) is 16.1. The predicted molar refractivity (Wildman–Crippen MR) is 73.2 cm³/mol. The average Bonchev–Trinajstić information content (AvgIpc) is 2.37. The number of aromatic nitrogens is 1. The van der Waals surface area contributed by atoms with Gasteiger partial charge in [-0.15, -0.1) is 0 Å². The summed E-state index contributed by atoms with van der Waals surface area (Å²) in [6.45, 7) is 3.84. The number of nitrogens with one attached hydrogen (secondary N) is 1. The molecule has 18 heavy (non-hydrogen) atoms. The number of anilines is 1. The second-order valence-electron chi connectivity index (χ2n) is 4.68. The van der Waals surface area contributed by atoms with E-state index in [9.17, 15) is 4.79 Å². The molecule has 1 atom stereocenters. The average molecular weight is 243 g/mol. The second-order valence-corrected chi connectivity index (χ2v) is 4.68. The fourth-order valence-corrected chi connectivity index (χ4v) is 1.67. The zero-order chi connectivity index (χ0) is 13.1. The fraction of sp³-hybridized carbons (Fsp3) is 0.286. The molecule has 1 aromatic carbocycles. The maximum atomic E-state index is 11.8.